The van der Waals surface area contributed by atoms with Gasteiger partial charge in [-0.2, -0.15) is 0 Å². The second-order valence-corrected chi connectivity index (χ2v) is 5.40. The highest BCUT2D eigenvalue weighted by atomic mass is 35.5. The van der Waals surface area contributed by atoms with Crippen LogP contribution in [0.2, 0.25) is 5.02 Å². The summed E-state index contributed by atoms with van der Waals surface area (Å²) in [4.78, 5) is 0. The summed E-state index contributed by atoms with van der Waals surface area (Å²) in [6.07, 6.45) is 4.95. The molecule has 1 heterocycles. The van der Waals surface area contributed by atoms with Crippen molar-refractivity contribution in [1.29, 1.82) is 0 Å². The van der Waals surface area contributed by atoms with Crippen molar-refractivity contribution in [3.05, 3.63) is 28.3 Å². The number of nitrogens with one attached hydrogen (secondary N) is 1. The molecule has 0 bridgehead atoms. The molecule has 1 aliphatic carbocycles. The summed E-state index contributed by atoms with van der Waals surface area (Å²) in [7, 11) is 0. The fourth-order valence-electron chi connectivity index (χ4n) is 2.37. The summed E-state index contributed by atoms with van der Waals surface area (Å²) in [6, 6.07) is 4.15. The number of fused-ring (bicyclic) bond motifs is 1. The first-order valence-electron chi connectivity index (χ1n) is 6.48. The highest BCUT2D eigenvalue weighted by Gasteiger charge is 2.21. The van der Waals surface area contributed by atoms with E-state index >= 15 is 0 Å². The second-order valence-electron chi connectivity index (χ2n) is 5.02. The van der Waals surface area contributed by atoms with E-state index in [9.17, 15) is 0 Å². The summed E-state index contributed by atoms with van der Waals surface area (Å²) in [5, 5.41) is 4.19. The topological polar surface area (TPSA) is 21.3 Å². The van der Waals surface area contributed by atoms with Gasteiger partial charge >= 0.3 is 0 Å². The molecule has 0 amide bonds. The molecule has 100 valence electrons. The maximum Gasteiger partial charge on any atom is 0.138 e. The Balaban J connectivity index is 0.00000120. The van der Waals surface area contributed by atoms with E-state index in [0.29, 0.717) is 0 Å². The van der Waals surface area contributed by atoms with Gasteiger partial charge in [0, 0.05) is 6.54 Å². The summed E-state index contributed by atoms with van der Waals surface area (Å²) < 4.78 is 5.80. The third-order valence-corrected chi connectivity index (χ3v) is 4.07. The van der Waals surface area contributed by atoms with Crippen LogP contribution in [0.15, 0.2) is 12.1 Å². The van der Waals surface area contributed by atoms with Gasteiger partial charge in [0.05, 0.1) is 11.6 Å². The van der Waals surface area contributed by atoms with Gasteiger partial charge in [-0.15, -0.1) is 12.4 Å². The molecule has 1 fully saturated rings. The van der Waals surface area contributed by atoms with Crippen LogP contribution in [0.1, 0.15) is 30.4 Å². The Labute approximate surface area is 119 Å². The van der Waals surface area contributed by atoms with Crippen LogP contribution in [0.25, 0.3) is 0 Å². The molecule has 0 saturated heterocycles. The van der Waals surface area contributed by atoms with Gasteiger partial charge in [0.25, 0.3) is 0 Å². The first kappa shape index (κ1) is 14.0. The molecule has 3 rings (SSSR count). The van der Waals surface area contributed by atoms with Gasteiger partial charge in [0.1, 0.15) is 5.75 Å². The molecule has 0 unspecified atom stereocenters. The molecule has 0 radical (unpaired) electrons. The molecule has 2 nitrogen and oxygen atoms in total. The largest absolute Gasteiger partial charge is 0.492 e. The van der Waals surface area contributed by atoms with Gasteiger partial charge in [0.15, 0.2) is 0 Å². The second kappa shape index (κ2) is 6.14. The molecule has 18 heavy (non-hydrogen) atoms. The smallest absolute Gasteiger partial charge is 0.138 e. The van der Waals surface area contributed by atoms with Crippen molar-refractivity contribution in [2.24, 2.45) is 5.92 Å². The van der Waals surface area contributed by atoms with Crippen molar-refractivity contribution in [1.82, 2.24) is 5.32 Å². The molecule has 0 aromatic heterocycles. The Morgan fingerprint density at radius 3 is 2.94 bits per heavy atom. The zero-order chi connectivity index (χ0) is 11.7. The van der Waals surface area contributed by atoms with Crippen molar-refractivity contribution < 1.29 is 4.74 Å². The number of rotatable bonds is 4. The fourth-order valence-corrected chi connectivity index (χ4v) is 2.70. The predicted molar refractivity (Wildman–Crippen MR) is 76.9 cm³/mol. The number of halogens is 2. The Kier molecular flexibility index (Phi) is 4.77. The van der Waals surface area contributed by atoms with Crippen LogP contribution in [-0.2, 0) is 13.0 Å². The highest BCUT2D eigenvalue weighted by Crippen LogP contribution is 2.35. The summed E-state index contributed by atoms with van der Waals surface area (Å²) >= 11 is 6.40. The monoisotopic (exact) mass is 287 g/mol. The predicted octanol–water partition coefficient (Wildman–Crippen LogP) is 3.59. The lowest BCUT2D eigenvalue weighted by atomic mass is 10.0. The Morgan fingerprint density at radius 2 is 2.17 bits per heavy atom. The highest BCUT2D eigenvalue weighted by molar-refractivity contribution is 6.33. The normalized spacial score (nSPS) is 17.8. The van der Waals surface area contributed by atoms with Crippen LogP contribution in [0.5, 0.6) is 5.75 Å². The number of benzene rings is 1. The average Bonchev–Trinajstić information content (AvgIpc) is 3.17. The molecule has 0 spiro atoms. The van der Waals surface area contributed by atoms with Crippen LogP contribution in [-0.4, -0.2) is 13.2 Å². The minimum Gasteiger partial charge on any atom is -0.492 e. The average molecular weight is 288 g/mol. The molecule has 0 atom stereocenters. The third kappa shape index (κ3) is 3.11. The summed E-state index contributed by atoms with van der Waals surface area (Å²) in [5.74, 6) is 1.78. The molecule has 1 N–H and O–H groups in total. The Bertz CT molecular complexity index is 419. The third-order valence-electron chi connectivity index (χ3n) is 3.65. The van der Waals surface area contributed by atoms with Crippen LogP contribution in [0, 0.1) is 5.92 Å². The maximum atomic E-state index is 6.40. The lowest BCUT2D eigenvalue weighted by molar-refractivity contribution is 0.302. The van der Waals surface area contributed by atoms with E-state index in [-0.39, 0.29) is 12.4 Å². The van der Waals surface area contributed by atoms with E-state index in [1.165, 1.54) is 30.4 Å². The van der Waals surface area contributed by atoms with Crippen molar-refractivity contribution in [2.45, 2.75) is 32.2 Å². The zero-order valence-corrected chi connectivity index (χ0v) is 11.9. The molecule has 1 aromatic carbocycles. The summed E-state index contributed by atoms with van der Waals surface area (Å²) in [5.41, 5.74) is 2.59. The summed E-state index contributed by atoms with van der Waals surface area (Å²) in [6.45, 7) is 2.75. The first-order chi connectivity index (χ1) is 8.34. The van der Waals surface area contributed by atoms with E-state index in [1.807, 2.05) is 6.07 Å². The SMILES string of the molecule is Cl.Clc1c(OCCC2CC2)ccc2c1CCNC2. The van der Waals surface area contributed by atoms with Gasteiger partial charge in [0.2, 0.25) is 0 Å². The van der Waals surface area contributed by atoms with Gasteiger partial charge in [-0.1, -0.05) is 30.5 Å². The maximum absolute atomic E-state index is 6.40. The number of hydrogen-bond donors (Lipinski definition) is 1. The lowest BCUT2D eigenvalue weighted by Crippen LogP contribution is -2.23. The van der Waals surface area contributed by atoms with E-state index in [1.54, 1.807) is 0 Å². The Hall–Kier alpha value is -0.440. The minimum atomic E-state index is 0. The number of ether oxygens (including phenoxy) is 1. The van der Waals surface area contributed by atoms with Crippen molar-refractivity contribution in [3.8, 4) is 5.75 Å². The number of hydrogen-bond acceptors (Lipinski definition) is 2. The fraction of sp³-hybridized carbons (Fsp3) is 0.571. The quantitative estimate of drug-likeness (QED) is 0.914. The molecule has 1 saturated carbocycles. The van der Waals surface area contributed by atoms with Gasteiger partial charge in [-0.3, -0.25) is 0 Å². The molecular formula is C14H19Cl2NO. The Morgan fingerprint density at radius 1 is 1.33 bits per heavy atom. The van der Waals surface area contributed by atoms with Crippen LogP contribution >= 0.6 is 24.0 Å². The molecule has 1 aliphatic heterocycles. The van der Waals surface area contributed by atoms with Crippen LogP contribution in [0.3, 0.4) is 0 Å². The molecular weight excluding hydrogens is 269 g/mol. The van der Waals surface area contributed by atoms with E-state index in [2.05, 4.69) is 11.4 Å². The van der Waals surface area contributed by atoms with Crippen LogP contribution in [0.4, 0.5) is 0 Å². The zero-order valence-electron chi connectivity index (χ0n) is 10.4. The van der Waals surface area contributed by atoms with Crippen molar-refractivity contribution in [2.75, 3.05) is 13.2 Å². The van der Waals surface area contributed by atoms with E-state index in [0.717, 1.165) is 42.8 Å². The van der Waals surface area contributed by atoms with Gasteiger partial charge in [-0.05, 0) is 42.5 Å². The van der Waals surface area contributed by atoms with Crippen LogP contribution < -0.4 is 10.1 Å². The molecule has 4 heteroatoms. The van der Waals surface area contributed by atoms with E-state index < -0.39 is 0 Å². The van der Waals surface area contributed by atoms with Crippen molar-refractivity contribution in [3.63, 3.8) is 0 Å². The molecule has 1 aromatic rings. The standard InChI is InChI=1S/C14H18ClNO.ClH/c15-14-12-5-7-16-9-11(12)3-4-13(14)17-8-6-10-1-2-10;/h3-4,10,16H,1-2,5-9H2;1H. The first-order valence-corrected chi connectivity index (χ1v) is 6.86. The molecule has 2 aliphatic rings. The van der Waals surface area contributed by atoms with Crippen molar-refractivity contribution >= 4 is 24.0 Å². The van der Waals surface area contributed by atoms with Gasteiger partial charge < -0.3 is 10.1 Å². The van der Waals surface area contributed by atoms with Gasteiger partial charge in [-0.25, -0.2) is 0 Å². The minimum absolute atomic E-state index is 0. The van der Waals surface area contributed by atoms with E-state index in [4.69, 9.17) is 16.3 Å². The lowest BCUT2D eigenvalue weighted by Gasteiger charge is -2.20.